The van der Waals surface area contributed by atoms with E-state index in [1.54, 1.807) is 0 Å². The maximum Gasteiger partial charge on any atom is 0.293 e. The second-order valence-corrected chi connectivity index (χ2v) is 8.36. The third kappa shape index (κ3) is 3.36. The Morgan fingerprint density at radius 1 is 1.25 bits per heavy atom. The molecule has 0 unspecified atom stereocenters. The summed E-state index contributed by atoms with van der Waals surface area (Å²) < 4.78 is 23.1. The van der Waals surface area contributed by atoms with Crippen LogP contribution in [0.2, 0.25) is 0 Å². The summed E-state index contributed by atoms with van der Waals surface area (Å²) in [6.45, 7) is 6.55. The van der Waals surface area contributed by atoms with Gasteiger partial charge in [0.1, 0.15) is 5.82 Å². The van der Waals surface area contributed by atoms with Gasteiger partial charge in [-0.05, 0) is 6.42 Å². The van der Waals surface area contributed by atoms with Gasteiger partial charge in [-0.25, -0.2) is 13.4 Å². The van der Waals surface area contributed by atoms with Gasteiger partial charge >= 0.3 is 0 Å². The topological polar surface area (TPSA) is 96.0 Å². The lowest BCUT2D eigenvalue weighted by Gasteiger charge is -2.17. The van der Waals surface area contributed by atoms with E-state index in [2.05, 4.69) is 15.2 Å². The molecule has 0 spiro atoms. The van der Waals surface area contributed by atoms with Gasteiger partial charge < -0.3 is 4.90 Å². The van der Waals surface area contributed by atoms with Gasteiger partial charge in [0.05, 0.1) is 11.5 Å². The molecular formula is C12H20N4O3S. The predicted octanol–water partition coefficient (Wildman–Crippen LogP) is 0.363. The Labute approximate surface area is 118 Å². The molecule has 1 N–H and O–H groups in total. The average molecular weight is 300 g/mol. The summed E-state index contributed by atoms with van der Waals surface area (Å²) in [6, 6.07) is 0. The number of sulfone groups is 1. The molecule has 20 heavy (non-hydrogen) atoms. The second kappa shape index (κ2) is 5.16. The molecule has 0 radical (unpaired) electrons. The standard InChI is InChI=1S/C12H20N4O3S/c1-12(2,3)11-13-9(14-15-11)10(17)16-5-4-7-20(18,19)8-6-16/h4-8H2,1-3H3,(H,13,14,15). The largest absolute Gasteiger partial charge is 0.335 e. The number of H-pyrrole nitrogens is 1. The van der Waals surface area contributed by atoms with Crippen LogP contribution in [0.1, 0.15) is 43.6 Å². The maximum absolute atomic E-state index is 12.3. The van der Waals surface area contributed by atoms with Gasteiger partial charge in [0.15, 0.2) is 9.84 Å². The minimum atomic E-state index is -3.03. The Morgan fingerprint density at radius 2 is 1.95 bits per heavy atom. The van der Waals surface area contributed by atoms with E-state index in [4.69, 9.17) is 0 Å². The summed E-state index contributed by atoms with van der Waals surface area (Å²) in [5.74, 6) is 0.583. The molecule has 112 valence electrons. The van der Waals surface area contributed by atoms with E-state index >= 15 is 0 Å². The van der Waals surface area contributed by atoms with Crippen molar-refractivity contribution in [3.8, 4) is 0 Å². The third-order valence-electron chi connectivity index (χ3n) is 3.23. The first-order valence-electron chi connectivity index (χ1n) is 6.62. The van der Waals surface area contributed by atoms with Gasteiger partial charge in [-0.15, -0.1) is 5.10 Å². The molecule has 0 atom stereocenters. The van der Waals surface area contributed by atoms with Gasteiger partial charge in [-0.1, -0.05) is 20.8 Å². The number of carbonyl (C=O) groups excluding carboxylic acids is 1. The summed E-state index contributed by atoms with van der Waals surface area (Å²) in [5, 5.41) is 6.72. The van der Waals surface area contributed by atoms with Crippen molar-refractivity contribution in [2.45, 2.75) is 32.6 Å². The first kappa shape index (κ1) is 15.0. The van der Waals surface area contributed by atoms with Gasteiger partial charge in [0, 0.05) is 18.5 Å². The second-order valence-electron chi connectivity index (χ2n) is 6.06. The number of hydrogen-bond acceptors (Lipinski definition) is 5. The zero-order valence-electron chi connectivity index (χ0n) is 12.0. The van der Waals surface area contributed by atoms with E-state index < -0.39 is 9.84 Å². The van der Waals surface area contributed by atoms with Crippen molar-refractivity contribution in [3.05, 3.63) is 11.6 Å². The molecule has 8 heteroatoms. The summed E-state index contributed by atoms with van der Waals surface area (Å²) in [5.41, 5.74) is -0.215. The molecule has 0 aliphatic carbocycles. The van der Waals surface area contributed by atoms with E-state index in [1.165, 1.54) is 4.90 Å². The van der Waals surface area contributed by atoms with Crippen molar-refractivity contribution in [2.24, 2.45) is 0 Å². The fraction of sp³-hybridized carbons (Fsp3) is 0.750. The lowest BCUT2D eigenvalue weighted by molar-refractivity contribution is 0.0756. The highest BCUT2D eigenvalue weighted by Crippen LogP contribution is 2.18. The van der Waals surface area contributed by atoms with Crippen LogP contribution in [0.3, 0.4) is 0 Å². The monoisotopic (exact) mass is 300 g/mol. The van der Waals surface area contributed by atoms with Gasteiger partial charge in [0.25, 0.3) is 5.91 Å². The summed E-state index contributed by atoms with van der Waals surface area (Å²) >= 11 is 0. The van der Waals surface area contributed by atoms with Crippen molar-refractivity contribution < 1.29 is 13.2 Å². The molecular weight excluding hydrogens is 280 g/mol. The molecule has 1 amide bonds. The van der Waals surface area contributed by atoms with Crippen LogP contribution >= 0.6 is 0 Å². The van der Waals surface area contributed by atoms with Crippen LogP contribution in [0.4, 0.5) is 0 Å². The highest BCUT2D eigenvalue weighted by molar-refractivity contribution is 7.91. The van der Waals surface area contributed by atoms with E-state index in [0.717, 1.165) is 0 Å². The molecule has 2 rings (SSSR count). The number of nitrogens with zero attached hydrogens (tertiary/aromatic N) is 3. The van der Waals surface area contributed by atoms with Gasteiger partial charge in [-0.3, -0.25) is 9.89 Å². The quantitative estimate of drug-likeness (QED) is 0.808. The molecule has 7 nitrogen and oxygen atoms in total. The highest BCUT2D eigenvalue weighted by Gasteiger charge is 2.27. The Bertz CT molecular complexity index is 600. The van der Waals surface area contributed by atoms with E-state index in [1.807, 2.05) is 20.8 Å². The van der Waals surface area contributed by atoms with Crippen LogP contribution in [0.15, 0.2) is 0 Å². The Kier molecular flexibility index (Phi) is 3.86. The lowest BCUT2D eigenvalue weighted by atomic mass is 9.96. The number of rotatable bonds is 1. The summed E-state index contributed by atoms with van der Waals surface area (Å²) in [7, 11) is -3.03. The lowest BCUT2D eigenvalue weighted by Crippen LogP contribution is -2.34. The van der Waals surface area contributed by atoms with Crippen LogP contribution in [0, 0.1) is 0 Å². The minimum absolute atomic E-state index is 0.00922. The average Bonchev–Trinajstić information content (AvgIpc) is 2.75. The molecule has 1 saturated heterocycles. The number of carbonyl (C=O) groups is 1. The van der Waals surface area contributed by atoms with Gasteiger partial charge in [0.2, 0.25) is 5.82 Å². The van der Waals surface area contributed by atoms with Gasteiger partial charge in [-0.2, -0.15) is 0 Å². The number of aromatic nitrogens is 3. The zero-order chi connectivity index (χ0) is 15.0. The number of amides is 1. The van der Waals surface area contributed by atoms with Crippen molar-refractivity contribution in [1.82, 2.24) is 20.1 Å². The predicted molar refractivity (Wildman–Crippen MR) is 74.3 cm³/mol. The number of nitrogens with one attached hydrogen (secondary N) is 1. The van der Waals surface area contributed by atoms with Crippen LogP contribution in [-0.4, -0.2) is 59.0 Å². The molecule has 1 aliphatic rings. The van der Waals surface area contributed by atoms with Crippen LogP contribution in [-0.2, 0) is 15.3 Å². The molecule has 1 aliphatic heterocycles. The van der Waals surface area contributed by atoms with Crippen molar-refractivity contribution in [1.29, 1.82) is 0 Å². The molecule has 0 saturated carbocycles. The zero-order valence-corrected chi connectivity index (χ0v) is 12.8. The normalized spacial score (nSPS) is 19.6. The van der Waals surface area contributed by atoms with Crippen LogP contribution < -0.4 is 0 Å². The molecule has 1 fully saturated rings. The van der Waals surface area contributed by atoms with E-state index in [0.29, 0.717) is 18.8 Å². The Balaban J connectivity index is 2.13. The van der Waals surface area contributed by atoms with Crippen molar-refractivity contribution in [3.63, 3.8) is 0 Å². The molecule has 0 aromatic carbocycles. The SMILES string of the molecule is CC(C)(C)c1nc(C(=O)N2CCCS(=O)(=O)CC2)n[nH]1. The number of aromatic amines is 1. The molecule has 1 aromatic heterocycles. The Morgan fingerprint density at radius 3 is 2.55 bits per heavy atom. The van der Waals surface area contributed by atoms with Crippen molar-refractivity contribution >= 4 is 15.7 Å². The first-order chi connectivity index (χ1) is 9.19. The molecule has 1 aromatic rings. The molecule has 2 heterocycles. The summed E-state index contributed by atoms with van der Waals surface area (Å²) in [4.78, 5) is 18.0. The fourth-order valence-electron chi connectivity index (χ4n) is 1.98. The third-order valence-corrected chi connectivity index (χ3v) is 4.95. The van der Waals surface area contributed by atoms with Crippen molar-refractivity contribution in [2.75, 3.05) is 24.6 Å². The fourth-order valence-corrected chi connectivity index (χ4v) is 3.25. The minimum Gasteiger partial charge on any atom is -0.335 e. The smallest absolute Gasteiger partial charge is 0.293 e. The van der Waals surface area contributed by atoms with Crippen LogP contribution in [0.5, 0.6) is 0 Å². The van der Waals surface area contributed by atoms with E-state index in [-0.39, 0.29) is 35.2 Å². The maximum atomic E-state index is 12.3. The van der Waals surface area contributed by atoms with Crippen LogP contribution in [0.25, 0.3) is 0 Å². The summed E-state index contributed by atoms with van der Waals surface area (Å²) in [6.07, 6.45) is 0.463. The first-order valence-corrected chi connectivity index (χ1v) is 8.44. The Hall–Kier alpha value is -1.44. The van der Waals surface area contributed by atoms with E-state index in [9.17, 15) is 13.2 Å². The highest BCUT2D eigenvalue weighted by atomic mass is 32.2. The number of hydrogen-bond donors (Lipinski definition) is 1. The molecule has 0 bridgehead atoms.